The molecule has 1 heterocycles. The minimum atomic E-state index is -3.85. The summed E-state index contributed by atoms with van der Waals surface area (Å²) in [6.07, 6.45) is 0.259. The Balaban J connectivity index is 1.69. The van der Waals surface area contributed by atoms with Gasteiger partial charge in [-0.3, -0.25) is 4.79 Å². The lowest BCUT2D eigenvalue weighted by molar-refractivity contribution is 0.102. The Kier molecular flexibility index (Phi) is 5.71. The van der Waals surface area contributed by atoms with Crippen LogP contribution in [0.4, 0.5) is 5.69 Å². The molecule has 2 aromatic rings. The van der Waals surface area contributed by atoms with Gasteiger partial charge in [0.25, 0.3) is 5.91 Å². The van der Waals surface area contributed by atoms with Gasteiger partial charge in [0.15, 0.2) is 9.84 Å². The van der Waals surface area contributed by atoms with Crippen LogP contribution in [-0.4, -0.2) is 40.3 Å². The molecule has 10 heteroatoms. The van der Waals surface area contributed by atoms with E-state index in [1.165, 1.54) is 24.3 Å². The topological polar surface area (TPSA) is 109 Å². The predicted octanol–water partition coefficient (Wildman–Crippen LogP) is 2.17. The first-order chi connectivity index (χ1) is 12.6. The first-order valence-electron chi connectivity index (χ1n) is 8.04. The Morgan fingerprint density at radius 3 is 2.41 bits per heavy atom. The zero-order valence-electron chi connectivity index (χ0n) is 14.1. The predicted molar refractivity (Wildman–Crippen MR) is 106 cm³/mol. The molecule has 144 valence electrons. The van der Waals surface area contributed by atoms with E-state index in [9.17, 15) is 21.6 Å². The van der Waals surface area contributed by atoms with Crippen molar-refractivity contribution in [3.63, 3.8) is 0 Å². The number of rotatable bonds is 5. The summed E-state index contributed by atoms with van der Waals surface area (Å²) in [5.41, 5.74) is 0.910. The number of carbonyl (C=O) groups is 1. The van der Waals surface area contributed by atoms with Crippen molar-refractivity contribution in [1.29, 1.82) is 0 Å². The minimum absolute atomic E-state index is 0.0190. The van der Waals surface area contributed by atoms with E-state index in [0.717, 1.165) is 4.47 Å². The lowest BCUT2D eigenvalue weighted by Crippen LogP contribution is -2.35. The molecule has 0 saturated carbocycles. The number of carbonyl (C=O) groups excluding carboxylic acids is 1. The van der Waals surface area contributed by atoms with Crippen LogP contribution >= 0.6 is 15.9 Å². The largest absolute Gasteiger partial charge is 0.322 e. The zero-order chi connectivity index (χ0) is 19.7. The van der Waals surface area contributed by atoms with Gasteiger partial charge < -0.3 is 5.32 Å². The number of sulfone groups is 1. The molecule has 1 fully saturated rings. The average molecular weight is 473 g/mol. The quantitative estimate of drug-likeness (QED) is 0.692. The Labute approximate surface area is 166 Å². The molecular weight excluding hydrogens is 456 g/mol. The minimum Gasteiger partial charge on any atom is -0.322 e. The molecule has 2 aromatic carbocycles. The van der Waals surface area contributed by atoms with Crippen molar-refractivity contribution in [2.75, 3.05) is 16.8 Å². The maximum absolute atomic E-state index is 12.4. The molecule has 0 radical (unpaired) electrons. The molecule has 1 aliphatic rings. The number of amides is 1. The van der Waals surface area contributed by atoms with Crippen LogP contribution in [0, 0.1) is 0 Å². The van der Waals surface area contributed by atoms with E-state index in [1.54, 1.807) is 18.2 Å². The van der Waals surface area contributed by atoms with Gasteiger partial charge in [-0.15, -0.1) is 0 Å². The van der Waals surface area contributed by atoms with E-state index >= 15 is 0 Å². The van der Waals surface area contributed by atoms with E-state index in [2.05, 4.69) is 26.0 Å². The van der Waals surface area contributed by atoms with Gasteiger partial charge in [0.2, 0.25) is 10.0 Å². The summed E-state index contributed by atoms with van der Waals surface area (Å²) in [6.45, 7) is 0. The standard InChI is InChI=1S/C17H17BrN2O5S2/c18-13-2-1-3-14(10-13)19-17(21)12-4-6-16(7-5-12)27(24,25)20-15-8-9-26(22,23)11-15/h1-7,10,15,20H,8-9,11H2,(H,19,21)/t15-/m1/s1. The number of benzene rings is 2. The van der Waals surface area contributed by atoms with Crippen molar-refractivity contribution in [2.24, 2.45) is 0 Å². The van der Waals surface area contributed by atoms with Crippen LogP contribution in [0.15, 0.2) is 57.9 Å². The van der Waals surface area contributed by atoms with Crippen LogP contribution in [-0.2, 0) is 19.9 Å². The number of hydrogen-bond donors (Lipinski definition) is 2. The lowest BCUT2D eigenvalue weighted by atomic mass is 10.2. The van der Waals surface area contributed by atoms with Crippen molar-refractivity contribution < 1.29 is 21.6 Å². The number of halogens is 1. The highest BCUT2D eigenvalue weighted by Gasteiger charge is 2.31. The summed E-state index contributed by atoms with van der Waals surface area (Å²) in [6, 6.07) is 11.9. The molecule has 0 unspecified atom stereocenters. The fourth-order valence-corrected chi connectivity index (χ4v) is 6.18. The first-order valence-corrected chi connectivity index (χ1v) is 12.1. The Hall–Kier alpha value is -1.75. The van der Waals surface area contributed by atoms with Gasteiger partial charge in [-0.05, 0) is 48.9 Å². The van der Waals surface area contributed by atoms with Gasteiger partial charge >= 0.3 is 0 Å². The third-order valence-corrected chi connectivity index (χ3v) is 7.86. The molecule has 7 nitrogen and oxygen atoms in total. The van der Waals surface area contributed by atoms with Gasteiger partial charge in [-0.25, -0.2) is 21.6 Å². The maximum Gasteiger partial charge on any atom is 0.255 e. The molecule has 0 aliphatic carbocycles. The lowest BCUT2D eigenvalue weighted by Gasteiger charge is -2.12. The van der Waals surface area contributed by atoms with Crippen molar-refractivity contribution in [2.45, 2.75) is 17.4 Å². The molecule has 0 bridgehead atoms. The summed E-state index contributed by atoms with van der Waals surface area (Å²) >= 11 is 3.32. The van der Waals surface area contributed by atoms with Crippen LogP contribution in [0.3, 0.4) is 0 Å². The monoisotopic (exact) mass is 472 g/mol. The molecule has 3 rings (SSSR count). The molecule has 2 N–H and O–H groups in total. The molecule has 1 amide bonds. The fourth-order valence-electron chi connectivity index (χ4n) is 2.73. The molecule has 1 atom stereocenters. The van der Waals surface area contributed by atoms with Gasteiger partial charge in [0, 0.05) is 21.8 Å². The van der Waals surface area contributed by atoms with Crippen LogP contribution in [0.1, 0.15) is 16.8 Å². The smallest absolute Gasteiger partial charge is 0.255 e. The second-order valence-corrected chi connectivity index (χ2v) is 11.1. The highest BCUT2D eigenvalue weighted by molar-refractivity contribution is 9.10. The summed E-state index contributed by atoms with van der Waals surface area (Å²) in [5.74, 6) is -0.583. The number of nitrogens with one attached hydrogen (secondary N) is 2. The van der Waals surface area contributed by atoms with Gasteiger partial charge in [0.1, 0.15) is 0 Å². The van der Waals surface area contributed by atoms with E-state index in [-0.39, 0.29) is 28.7 Å². The number of sulfonamides is 1. The van der Waals surface area contributed by atoms with Gasteiger partial charge in [-0.1, -0.05) is 22.0 Å². The fraction of sp³-hybridized carbons (Fsp3) is 0.235. The van der Waals surface area contributed by atoms with Crippen molar-refractivity contribution in [3.8, 4) is 0 Å². The third-order valence-electron chi connectivity index (χ3n) is 4.06. The zero-order valence-corrected chi connectivity index (χ0v) is 17.3. The SMILES string of the molecule is O=C(Nc1cccc(Br)c1)c1ccc(S(=O)(=O)N[C@@H]2CCS(=O)(=O)C2)cc1. The van der Waals surface area contributed by atoms with Crippen LogP contribution < -0.4 is 10.0 Å². The number of anilines is 1. The van der Waals surface area contributed by atoms with Crippen LogP contribution in [0.25, 0.3) is 0 Å². The second kappa shape index (κ2) is 7.70. The third kappa shape index (κ3) is 5.16. The summed E-state index contributed by atoms with van der Waals surface area (Å²) in [7, 11) is -7.04. The molecular formula is C17H17BrN2O5S2. The van der Waals surface area contributed by atoms with Crippen molar-refractivity contribution >= 4 is 47.4 Å². The Morgan fingerprint density at radius 2 is 1.81 bits per heavy atom. The molecule has 0 spiro atoms. The molecule has 1 aliphatic heterocycles. The van der Waals surface area contributed by atoms with Gasteiger partial charge in [-0.2, -0.15) is 0 Å². The van der Waals surface area contributed by atoms with E-state index < -0.39 is 25.9 Å². The summed E-state index contributed by atoms with van der Waals surface area (Å²) < 4.78 is 51.0. The molecule has 1 saturated heterocycles. The van der Waals surface area contributed by atoms with E-state index in [1.807, 2.05) is 6.07 Å². The maximum atomic E-state index is 12.4. The van der Waals surface area contributed by atoms with Gasteiger partial charge in [0.05, 0.1) is 16.4 Å². The number of hydrogen-bond acceptors (Lipinski definition) is 5. The first kappa shape index (κ1) is 20.0. The van der Waals surface area contributed by atoms with E-state index in [0.29, 0.717) is 11.3 Å². The van der Waals surface area contributed by atoms with Crippen molar-refractivity contribution in [3.05, 3.63) is 58.6 Å². The summed E-state index contributed by atoms with van der Waals surface area (Å²) in [5, 5.41) is 2.72. The van der Waals surface area contributed by atoms with Crippen molar-refractivity contribution in [1.82, 2.24) is 4.72 Å². The van der Waals surface area contributed by atoms with E-state index in [4.69, 9.17) is 0 Å². The average Bonchev–Trinajstić information content (AvgIpc) is 2.93. The van der Waals surface area contributed by atoms with Crippen LogP contribution in [0.2, 0.25) is 0 Å². The van der Waals surface area contributed by atoms with Crippen LogP contribution in [0.5, 0.6) is 0 Å². The normalized spacial score (nSPS) is 18.9. The summed E-state index contributed by atoms with van der Waals surface area (Å²) in [4.78, 5) is 12.3. The molecule has 0 aromatic heterocycles. The molecule has 27 heavy (non-hydrogen) atoms. The Bertz CT molecular complexity index is 1070. The highest BCUT2D eigenvalue weighted by Crippen LogP contribution is 2.18. The highest BCUT2D eigenvalue weighted by atomic mass is 79.9. The second-order valence-electron chi connectivity index (χ2n) is 6.21. The Morgan fingerprint density at radius 1 is 1.11 bits per heavy atom.